The molecule has 0 unspecified atom stereocenters. The van der Waals surface area contributed by atoms with E-state index in [4.69, 9.17) is 11.5 Å². The van der Waals surface area contributed by atoms with Gasteiger partial charge in [0.15, 0.2) is 0 Å². The van der Waals surface area contributed by atoms with Crippen molar-refractivity contribution in [2.24, 2.45) is 23.3 Å². The molecule has 3 aromatic carbocycles. The Kier molecular flexibility index (Phi) is 9.67. The maximum atomic E-state index is 14.2. The Hall–Kier alpha value is -5.69. The maximum absolute atomic E-state index is 14.2. The minimum atomic E-state index is -0.984. The van der Waals surface area contributed by atoms with E-state index >= 15 is 0 Å². The fraction of sp³-hybridized carbons (Fsp3) is 0.286. The van der Waals surface area contributed by atoms with Gasteiger partial charge in [-0.1, -0.05) is 54.6 Å². The second-order valence-electron chi connectivity index (χ2n) is 12.2. The van der Waals surface area contributed by atoms with E-state index in [2.05, 4.69) is 25.6 Å². The fourth-order valence-corrected chi connectivity index (χ4v) is 6.33. The summed E-state index contributed by atoms with van der Waals surface area (Å²) in [5, 5.41) is 14.1. The van der Waals surface area contributed by atoms with Crippen LogP contribution < -0.4 is 27.6 Å². The van der Waals surface area contributed by atoms with Gasteiger partial charge < -0.3 is 11.5 Å². The molecule has 1 aliphatic rings. The summed E-state index contributed by atoms with van der Waals surface area (Å²) in [4.78, 5) is 56.6. The van der Waals surface area contributed by atoms with Crippen molar-refractivity contribution >= 4 is 17.5 Å². The van der Waals surface area contributed by atoms with Crippen molar-refractivity contribution < 1.29 is 9.59 Å². The molecular weight excluding hydrogens is 610 g/mol. The highest BCUT2D eigenvalue weighted by molar-refractivity contribution is 6.01. The molecule has 2 aromatic heterocycles. The van der Waals surface area contributed by atoms with Gasteiger partial charge in [0, 0.05) is 29.8 Å². The van der Waals surface area contributed by atoms with Gasteiger partial charge >= 0.3 is 5.69 Å². The Bertz CT molecular complexity index is 1960. The third-order valence-corrected chi connectivity index (χ3v) is 9.06. The summed E-state index contributed by atoms with van der Waals surface area (Å²) < 4.78 is 1.46. The van der Waals surface area contributed by atoms with Gasteiger partial charge in [-0.05, 0) is 84.3 Å². The highest BCUT2D eigenvalue weighted by atomic mass is 16.2. The second-order valence-corrected chi connectivity index (χ2v) is 12.2. The number of nitrogens with two attached hydrogens (primary N) is 2. The molecule has 246 valence electrons. The maximum Gasteiger partial charge on any atom is 0.328 e. The number of aromatic amines is 2. The first-order valence-corrected chi connectivity index (χ1v) is 15.9. The molecule has 0 radical (unpaired) electrons. The average Bonchev–Trinajstić information content (AvgIpc) is 3.66. The molecule has 1 saturated carbocycles. The molecule has 13 nitrogen and oxygen atoms in total. The first-order chi connectivity index (χ1) is 23.3. The number of amides is 2. The lowest BCUT2D eigenvalue weighted by Gasteiger charge is -2.35. The molecule has 2 amide bonds. The molecule has 48 heavy (non-hydrogen) atoms. The van der Waals surface area contributed by atoms with Crippen LogP contribution in [0.3, 0.4) is 0 Å². The van der Waals surface area contributed by atoms with Gasteiger partial charge in [-0.25, -0.2) is 4.79 Å². The number of H-pyrrole nitrogens is 2. The standard InChI is InChI=1S/C35H37N9O4/c36-19-23-8-12-27(13-9-23)34(47)44(28-16-14-26(15-17-28)32-39-41-42-40-32)30(31(37)45)18-22-6-10-25(11-7-22)29-21-43(35(48)38-33(29)46)20-24-4-2-1-3-5-24/h1-7,10-11,14-17,21,23,27,30H,8-9,12-13,18-20,36H2,(H2,37,45)(H,38,46,48)(H,39,40,41,42)/t23?,27?,30-/m0/s1. The fourth-order valence-electron chi connectivity index (χ4n) is 6.33. The topological polar surface area (TPSA) is 199 Å². The highest BCUT2D eigenvalue weighted by Crippen LogP contribution is 2.33. The highest BCUT2D eigenvalue weighted by Gasteiger charge is 2.36. The first kappa shape index (κ1) is 32.3. The van der Waals surface area contributed by atoms with E-state index in [-0.39, 0.29) is 18.2 Å². The number of tetrazole rings is 1. The zero-order chi connectivity index (χ0) is 33.6. The van der Waals surface area contributed by atoms with Crippen LogP contribution in [-0.2, 0) is 22.6 Å². The Morgan fingerprint density at radius 3 is 2.21 bits per heavy atom. The van der Waals surface area contributed by atoms with E-state index in [1.54, 1.807) is 54.7 Å². The average molecular weight is 648 g/mol. The summed E-state index contributed by atoms with van der Waals surface area (Å²) in [7, 11) is 0. The third kappa shape index (κ3) is 7.15. The first-order valence-electron chi connectivity index (χ1n) is 15.9. The van der Waals surface area contributed by atoms with E-state index in [9.17, 15) is 19.2 Å². The van der Waals surface area contributed by atoms with Gasteiger partial charge in [0.05, 0.1) is 12.1 Å². The van der Waals surface area contributed by atoms with Crippen molar-refractivity contribution in [3.63, 3.8) is 0 Å². The molecule has 6 N–H and O–H groups in total. The van der Waals surface area contributed by atoms with Crippen molar-refractivity contribution in [1.29, 1.82) is 0 Å². The molecular formula is C35H37N9O4. The van der Waals surface area contributed by atoms with Crippen LogP contribution in [0, 0.1) is 11.8 Å². The smallest absolute Gasteiger partial charge is 0.328 e. The number of carbonyl (C=O) groups excluding carboxylic acids is 2. The van der Waals surface area contributed by atoms with Gasteiger partial charge in [0.25, 0.3) is 5.56 Å². The number of anilines is 1. The van der Waals surface area contributed by atoms with E-state index in [0.717, 1.165) is 24.0 Å². The monoisotopic (exact) mass is 647 g/mol. The van der Waals surface area contributed by atoms with Gasteiger partial charge in [-0.15, -0.1) is 10.2 Å². The number of aromatic nitrogens is 6. The molecule has 5 aromatic rings. The van der Waals surface area contributed by atoms with Crippen molar-refractivity contribution in [2.75, 3.05) is 11.4 Å². The summed E-state index contributed by atoms with van der Waals surface area (Å²) >= 11 is 0. The van der Waals surface area contributed by atoms with Crippen LogP contribution in [0.1, 0.15) is 36.8 Å². The Labute approximate surface area is 276 Å². The van der Waals surface area contributed by atoms with Gasteiger partial charge in [-0.3, -0.25) is 28.8 Å². The zero-order valence-corrected chi connectivity index (χ0v) is 26.3. The molecule has 1 atom stereocenters. The summed E-state index contributed by atoms with van der Waals surface area (Å²) in [5.74, 6) is -0.292. The molecule has 6 rings (SSSR count). The number of rotatable bonds is 11. The van der Waals surface area contributed by atoms with Gasteiger partial charge in [0.1, 0.15) is 6.04 Å². The lowest BCUT2D eigenvalue weighted by molar-refractivity contribution is -0.127. The molecule has 1 aliphatic carbocycles. The minimum Gasteiger partial charge on any atom is -0.368 e. The number of nitrogens with zero attached hydrogens (tertiary/aromatic N) is 5. The number of benzene rings is 3. The van der Waals surface area contributed by atoms with Crippen LogP contribution in [0.2, 0.25) is 0 Å². The number of carbonyl (C=O) groups is 2. The summed E-state index contributed by atoms with van der Waals surface area (Å²) in [5.41, 5.74) is 14.7. The van der Waals surface area contributed by atoms with Crippen molar-refractivity contribution in [2.45, 2.75) is 44.7 Å². The minimum absolute atomic E-state index is 0.149. The molecule has 13 heteroatoms. The van der Waals surface area contributed by atoms with E-state index in [0.29, 0.717) is 60.1 Å². The number of hydrogen-bond acceptors (Lipinski definition) is 8. The largest absolute Gasteiger partial charge is 0.368 e. The van der Waals surface area contributed by atoms with Crippen LogP contribution in [-0.4, -0.2) is 54.6 Å². The number of nitrogens with one attached hydrogen (secondary N) is 2. The molecule has 0 aliphatic heterocycles. The summed E-state index contributed by atoms with van der Waals surface area (Å²) in [6, 6.07) is 22.7. The Morgan fingerprint density at radius 2 is 1.58 bits per heavy atom. The second kappa shape index (κ2) is 14.4. The van der Waals surface area contributed by atoms with Crippen LogP contribution in [0.15, 0.2) is 94.6 Å². The van der Waals surface area contributed by atoms with Crippen molar-refractivity contribution in [3.05, 3.63) is 117 Å². The van der Waals surface area contributed by atoms with E-state index < -0.39 is 23.2 Å². The predicted octanol–water partition coefficient (Wildman–Crippen LogP) is 2.63. The summed E-state index contributed by atoms with van der Waals surface area (Å²) in [6.07, 6.45) is 4.75. The van der Waals surface area contributed by atoms with Crippen LogP contribution in [0.25, 0.3) is 22.5 Å². The molecule has 0 saturated heterocycles. The van der Waals surface area contributed by atoms with Crippen molar-refractivity contribution in [3.8, 4) is 22.5 Å². The molecule has 0 spiro atoms. The number of hydrogen-bond donors (Lipinski definition) is 4. The quantitative estimate of drug-likeness (QED) is 0.168. The lowest BCUT2D eigenvalue weighted by Crippen LogP contribution is -2.52. The van der Waals surface area contributed by atoms with E-state index in [1.165, 1.54) is 9.47 Å². The third-order valence-electron chi connectivity index (χ3n) is 9.06. The Morgan fingerprint density at radius 1 is 0.896 bits per heavy atom. The zero-order valence-electron chi connectivity index (χ0n) is 26.3. The van der Waals surface area contributed by atoms with Gasteiger partial charge in [-0.2, -0.15) is 5.21 Å². The number of primary amides is 1. The molecule has 2 heterocycles. The van der Waals surface area contributed by atoms with E-state index in [1.807, 2.05) is 30.3 Å². The lowest BCUT2D eigenvalue weighted by atomic mass is 9.81. The van der Waals surface area contributed by atoms with Crippen LogP contribution in [0.5, 0.6) is 0 Å². The Balaban J connectivity index is 1.28. The SMILES string of the molecule is NCC1CCC(C(=O)N(c2ccc(-c3nn[nH]n3)cc2)[C@@H](Cc2ccc(-c3cn(Cc4ccccc4)c(=O)[nH]c3=O)cc2)C(N)=O)CC1. The van der Waals surface area contributed by atoms with Crippen molar-refractivity contribution in [1.82, 2.24) is 30.2 Å². The van der Waals surface area contributed by atoms with Crippen LogP contribution in [0.4, 0.5) is 5.69 Å². The molecule has 1 fully saturated rings. The predicted molar refractivity (Wildman–Crippen MR) is 181 cm³/mol. The van der Waals surface area contributed by atoms with Crippen LogP contribution >= 0.6 is 0 Å². The normalized spacial score (nSPS) is 16.7. The van der Waals surface area contributed by atoms with Gasteiger partial charge in [0.2, 0.25) is 17.6 Å². The molecule has 0 bridgehead atoms. The summed E-state index contributed by atoms with van der Waals surface area (Å²) in [6.45, 7) is 0.887.